The molecule has 0 bridgehead atoms. The van der Waals surface area contributed by atoms with E-state index in [1.54, 1.807) is 18.9 Å². The minimum Gasteiger partial charge on any atom is -0.497 e. The van der Waals surface area contributed by atoms with Crippen LogP contribution in [0.2, 0.25) is 0 Å². The molecule has 0 saturated carbocycles. The van der Waals surface area contributed by atoms with E-state index in [-0.39, 0.29) is 12.3 Å². The first kappa shape index (κ1) is 15.7. The quantitative estimate of drug-likeness (QED) is 0.836. The molecule has 0 aliphatic carbocycles. The number of thioether (sulfide) groups is 1. The van der Waals surface area contributed by atoms with E-state index in [0.29, 0.717) is 18.6 Å². The van der Waals surface area contributed by atoms with Crippen molar-refractivity contribution in [3.05, 3.63) is 29.8 Å². The van der Waals surface area contributed by atoms with Gasteiger partial charge in [-0.05, 0) is 36.3 Å². The average molecular weight is 309 g/mol. The summed E-state index contributed by atoms with van der Waals surface area (Å²) < 4.78 is 5.08. The Hall–Kier alpha value is -1.69. The van der Waals surface area contributed by atoms with Crippen LogP contribution in [0, 0.1) is 0 Å². The van der Waals surface area contributed by atoms with E-state index >= 15 is 0 Å². The van der Waals surface area contributed by atoms with Crippen molar-refractivity contribution in [1.29, 1.82) is 0 Å². The molecule has 0 radical (unpaired) electrons. The first-order valence-corrected chi connectivity index (χ1v) is 7.96. The smallest absolute Gasteiger partial charge is 0.330 e. The molecule has 0 spiro atoms. The highest BCUT2D eigenvalue weighted by molar-refractivity contribution is 7.99. The van der Waals surface area contributed by atoms with Gasteiger partial charge in [0.1, 0.15) is 11.3 Å². The van der Waals surface area contributed by atoms with Gasteiger partial charge in [0.25, 0.3) is 0 Å². The minimum atomic E-state index is -1.08. The number of carboxylic acid groups (broad SMARTS) is 1. The molecule has 2 rings (SSSR count). The number of carbonyl (C=O) groups is 2. The Bertz CT molecular complexity index is 509. The van der Waals surface area contributed by atoms with Gasteiger partial charge in [-0.2, -0.15) is 11.8 Å². The van der Waals surface area contributed by atoms with E-state index in [0.717, 1.165) is 17.1 Å². The summed E-state index contributed by atoms with van der Waals surface area (Å²) in [5.41, 5.74) is -0.0575. The number of methoxy groups -OCH3 is 1. The number of aliphatic carboxylic acids is 1. The Morgan fingerprint density at radius 1 is 1.38 bits per heavy atom. The van der Waals surface area contributed by atoms with Gasteiger partial charge >= 0.3 is 5.97 Å². The first-order valence-electron chi connectivity index (χ1n) is 6.81. The molecule has 1 saturated heterocycles. The standard InChI is InChI=1S/C15H19NO4S/c1-20-12-5-2-11(3-6-12)4-7-13(17)16-15(14(18)19)8-9-21-10-15/h2-3,5-6H,4,7-10H2,1H3,(H,16,17)(H,18,19)/t15-/m0/s1. The number of carbonyl (C=O) groups excluding carboxylic acids is 1. The molecule has 2 N–H and O–H groups in total. The number of benzene rings is 1. The molecule has 1 atom stereocenters. The number of ether oxygens (including phenoxy) is 1. The molecule has 0 unspecified atom stereocenters. The lowest BCUT2D eigenvalue weighted by atomic mass is 9.98. The van der Waals surface area contributed by atoms with E-state index in [1.807, 2.05) is 24.3 Å². The Morgan fingerprint density at radius 3 is 2.62 bits per heavy atom. The summed E-state index contributed by atoms with van der Waals surface area (Å²) >= 11 is 1.56. The fourth-order valence-electron chi connectivity index (χ4n) is 2.27. The first-order chi connectivity index (χ1) is 10.1. The molecule has 21 heavy (non-hydrogen) atoms. The fourth-order valence-corrected chi connectivity index (χ4v) is 3.59. The Labute approximate surface area is 128 Å². The van der Waals surface area contributed by atoms with Gasteiger partial charge in [-0.3, -0.25) is 4.79 Å². The topological polar surface area (TPSA) is 75.6 Å². The molecule has 1 aromatic carbocycles. The Balaban J connectivity index is 1.87. The van der Waals surface area contributed by atoms with E-state index in [2.05, 4.69) is 5.32 Å². The molecule has 1 heterocycles. The van der Waals surface area contributed by atoms with Crippen molar-refractivity contribution in [2.24, 2.45) is 0 Å². The summed E-state index contributed by atoms with van der Waals surface area (Å²) in [4.78, 5) is 23.4. The van der Waals surface area contributed by atoms with Gasteiger partial charge < -0.3 is 15.2 Å². The van der Waals surface area contributed by atoms with Crippen LogP contribution in [0.1, 0.15) is 18.4 Å². The van der Waals surface area contributed by atoms with Crippen molar-refractivity contribution in [2.75, 3.05) is 18.6 Å². The number of carboxylic acids is 1. The van der Waals surface area contributed by atoms with Crippen LogP contribution in [0.3, 0.4) is 0 Å². The highest BCUT2D eigenvalue weighted by atomic mass is 32.2. The molecular weight excluding hydrogens is 290 g/mol. The lowest BCUT2D eigenvalue weighted by Gasteiger charge is -2.24. The van der Waals surface area contributed by atoms with Crippen molar-refractivity contribution < 1.29 is 19.4 Å². The van der Waals surface area contributed by atoms with Crippen LogP contribution in [-0.4, -0.2) is 41.1 Å². The van der Waals surface area contributed by atoms with Gasteiger partial charge in [0.2, 0.25) is 5.91 Å². The van der Waals surface area contributed by atoms with Gasteiger partial charge in [0.05, 0.1) is 7.11 Å². The maximum Gasteiger partial charge on any atom is 0.330 e. The second kappa shape index (κ2) is 6.85. The highest BCUT2D eigenvalue weighted by Crippen LogP contribution is 2.28. The number of nitrogens with one attached hydrogen (secondary N) is 1. The Kier molecular flexibility index (Phi) is 5.12. The molecule has 1 aromatic rings. The van der Waals surface area contributed by atoms with Gasteiger partial charge in [0, 0.05) is 12.2 Å². The van der Waals surface area contributed by atoms with Gasteiger partial charge in [-0.25, -0.2) is 4.79 Å². The van der Waals surface area contributed by atoms with Crippen molar-refractivity contribution in [2.45, 2.75) is 24.8 Å². The van der Waals surface area contributed by atoms with Gasteiger partial charge in [0.15, 0.2) is 0 Å². The predicted molar refractivity (Wildman–Crippen MR) is 81.8 cm³/mol. The minimum absolute atomic E-state index is 0.212. The van der Waals surface area contributed by atoms with Crippen LogP contribution in [0.5, 0.6) is 5.75 Å². The molecule has 5 nitrogen and oxygen atoms in total. The predicted octanol–water partition coefficient (Wildman–Crippen LogP) is 1.70. The molecule has 1 aliphatic heterocycles. The monoisotopic (exact) mass is 309 g/mol. The van der Waals surface area contributed by atoms with Crippen molar-refractivity contribution >= 4 is 23.6 Å². The lowest BCUT2D eigenvalue weighted by Crippen LogP contribution is -2.54. The maximum absolute atomic E-state index is 12.0. The number of rotatable bonds is 6. The number of hydrogen-bond donors (Lipinski definition) is 2. The second-order valence-electron chi connectivity index (χ2n) is 5.09. The van der Waals surface area contributed by atoms with Crippen LogP contribution in [0.25, 0.3) is 0 Å². The molecule has 114 valence electrons. The normalized spacial score (nSPS) is 21.0. The average Bonchev–Trinajstić information content (AvgIpc) is 2.95. The fraction of sp³-hybridized carbons (Fsp3) is 0.467. The van der Waals surface area contributed by atoms with Crippen LogP contribution in [0.15, 0.2) is 24.3 Å². The van der Waals surface area contributed by atoms with Crippen molar-refractivity contribution in [3.8, 4) is 5.75 Å². The van der Waals surface area contributed by atoms with Crippen LogP contribution in [-0.2, 0) is 16.0 Å². The van der Waals surface area contributed by atoms with Crippen molar-refractivity contribution in [1.82, 2.24) is 5.32 Å². The van der Waals surface area contributed by atoms with E-state index in [4.69, 9.17) is 4.74 Å². The zero-order valence-electron chi connectivity index (χ0n) is 11.9. The van der Waals surface area contributed by atoms with E-state index in [9.17, 15) is 14.7 Å². The van der Waals surface area contributed by atoms with Crippen LogP contribution >= 0.6 is 11.8 Å². The SMILES string of the molecule is COc1ccc(CCC(=O)N[C@@]2(C(=O)O)CCSC2)cc1. The zero-order chi connectivity index (χ0) is 15.3. The summed E-state index contributed by atoms with van der Waals surface area (Å²) in [7, 11) is 1.60. The third-order valence-corrected chi connectivity index (χ3v) is 4.80. The number of amides is 1. The number of aryl methyl sites for hydroxylation is 1. The van der Waals surface area contributed by atoms with Crippen LogP contribution < -0.4 is 10.1 Å². The summed E-state index contributed by atoms with van der Waals surface area (Å²) in [6, 6.07) is 7.51. The molecule has 6 heteroatoms. The third-order valence-electron chi connectivity index (χ3n) is 3.61. The van der Waals surface area contributed by atoms with Gasteiger partial charge in [-0.1, -0.05) is 12.1 Å². The summed E-state index contributed by atoms with van der Waals surface area (Å²) in [5.74, 6) is 0.832. The lowest BCUT2D eigenvalue weighted by molar-refractivity contribution is -0.146. The summed E-state index contributed by atoms with van der Waals surface area (Å²) in [6.07, 6.45) is 1.35. The zero-order valence-corrected chi connectivity index (χ0v) is 12.7. The van der Waals surface area contributed by atoms with E-state index < -0.39 is 11.5 Å². The molecule has 0 aromatic heterocycles. The van der Waals surface area contributed by atoms with Gasteiger partial charge in [-0.15, -0.1) is 0 Å². The van der Waals surface area contributed by atoms with E-state index in [1.165, 1.54) is 0 Å². The third kappa shape index (κ3) is 3.91. The number of hydrogen-bond acceptors (Lipinski definition) is 4. The molecule has 1 fully saturated rings. The second-order valence-corrected chi connectivity index (χ2v) is 6.19. The Morgan fingerprint density at radius 2 is 2.10 bits per heavy atom. The highest BCUT2D eigenvalue weighted by Gasteiger charge is 2.43. The van der Waals surface area contributed by atoms with Crippen molar-refractivity contribution in [3.63, 3.8) is 0 Å². The summed E-state index contributed by atoms with van der Waals surface area (Å²) in [5, 5.41) is 12.0. The molecular formula is C15H19NO4S. The molecule has 1 amide bonds. The molecule has 1 aliphatic rings. The summed E-state index contributed by atoms with van der Waals surface area (Å²) in [6.45, 7) is 0. The largest absolute Gasteiger partial charge is 0.497 e. The van der Waals surface area contributed by atoms with Crippen LogP contribution in [0.4, 0.5) is 0 Å². The maximum atomic E-state index is 12.0.